The van der Waals surface area contributed by atoms with Gasteiger partial charge in [-0.05, 0) is 163 Å². The van der Waals surface area contributed by atoms with Crippen LogP contribution in [0.2, 0.25) is 0 Å². The van der Waals surface area contributed by atoms with Crippen LogP contribution in [0.4, 0.5) is 45.5 Å². The summed E-state index contributed by atoms with van der Waals surface area (Å²) in [6.07, 6.45) is 2.08. The van der Waals surface area contributed by atoms with Crippen molar-refractivity contribution in [1.29, 1.82) is 0 Å². The van der Waals surface area contributed by atoms with Gasteiger partial charge in [0, 0.05) is 50.9 Å². The number of anilines is 8. The molecular weight excluding hydrogens is 966 g/mol. The first-order valence-corrected chi connectivity index (χ1v) is 28.6. The van der Waals surface area contributed by atoms with Crippen molar-refractivity contribution in [2.45, 2.75) is 63.8 Å². The van der Waals surface area contributed by atoms with Crippen molar-refractivity contribution in [3.8, 4) is 44.5 Å². The van der Waals surface area contributed by atoms with Gasteiger partial charge in [0.1, 0.15) is 0 Å². The molecule has 2 atom stereocenters. The van der Waals surface area contributed by atoms with Crippen molar-refractivity contribution in [2.24, 2.45) is 0 Å². The monoisotopic (exact) mass is 1030 g/mol. The Hall–Kier alpha value is -9.12. The summed E-state index contributed by atoms with van der Waals surface area (Å²) < 4.78 is 0. The van der Waals surface area contributed by atoms with Gasteiger partial charge in [-0.3, -0.25) is 0 Å². The zero-order chi connectivity index (χ0) is 53.9. The molecule has 80 heavy (non-hydrogen) atoms. The zero-order valence-corrected chi connectivity index (χ0v) is 46.2. The number of hydrogen-bond acceptors (Lipinski definition) is 3. The third-order valence-corrected chi connectivity index (χ3v) is 18.6. The Bertz CT molecular complexity index is 4210. The van der Waals surface area contributed by atoms with Crippen LogP contribution in [0.15, 0.2) is 261 Å². The maximum Gasteiger partial charge on any atom is 0.252 e. The van der Waals surface area contributed by atoms with Gasteiger partial charge in [0.25, 0.3) is 6.71 Å². The van der Waals surface area contributed by atoms with Gasteiger partial charge in [0.2, 0.25) is 0 Å². The van der Waals surface area contributed by atoms with Gasteiger partial charge in [-0.25, -0.2) is 0 Å². The van der Waals surface area contributed by atoms with Gasteiger partial charge in [-0.1, -0.05) is 234 Å². The van der Waals surface area contributed by atoms with E-state index in [-0.39, 0.29) is 17.5 Å². The molecule has 3 heterocycles. The van der Waals surface area contributed by atoms with Crippen LogP contribution in [0.5, 0.6) is 0 Å². The summed E-state index contributed by atoms with van der Waals surface area (Å²) >= 11 is 0. The second kappa shape index (κ2) is 18.2. The van der Waals surface area contributed by atoms with E-state index in [9.17, 15) is 0 Å². The van der Waals surface area contributed by atoms with Crippen LogP contribution < -0.4 is 31.1 Å². The van der Waals surface area contributed by atoms with E-state index in [0.717, 1.165) is 24.2 Å². The summed E-state index contributed by atoms with van der Waals surface area (Å²) in [4.78, 5) is 7.99. The molecule has 4 aliphatic rings. The Balaban J connectivity index is 1.07. The standard InChI is InChI=1S/C76H62BN3/c1-74(2,3)60-37-42-68-65(48-60)75(4)44-43-56-29-18-19-32-64(56)76(75,5)80(68)63-49-71-73-72(50-63)79(62-31-20-30-57(45-62)52-23-12-7-13-24-52)70-47-59(54-27-16-9-17-28-54)35-40-66(70)77(73)67-46-58(53-25-14-8-15-26-53)36-41-69(67)78(71)61-38-33-55(34-39-61)51-21-10-6-11-22-51/h6-42,45-50H,43-44H2,1-5H3. The molecular formula is C76H62BN3. The second-order valence-corrected chi connectivity index (χ2v) is 24.0. The summed E-state index contributed by atoms with van der Waals surface area (Å²) in [5.74, 6) is 0. The third-order valence-electron chi connectivity index (χ3n) is 18.6. The highest BCUT2D eigenvalue weighted by molar-refractivity contribution is 7.00. The molecule has 0 N–H and O–H groups in total. The van der Waals surface area contributed by atoms with E-state index < -0.39 is 5.54 Å². The summed E-state index contributed by atoms with van der Waals surface area (Å²) in [7, 11) is 0. The molecule has 11 aromatic rings. The average molecular weight is 1030 g/mol. The Kier molecular flexibility index (Phi) is 10.9. The second-order valence-electron chi connectivity index (χ2n) is 24.0. The zero-order valence-electron chi connectivity index (χ0n) is 46.2. The van der Waals surface area contributed by atoms with Crippen molar-refractivity contribution in [3.63, 3.8) is 0 Å². The molecule has 3 nitrogen and oxygen atoms in total. The fourth-order valence-corrected chi connectivity index (χ4v) is 14.4. The number of nitrogens with zero attached hydrogens (tertiary/aromatic N) is 3. The number of fused-ring (bicyclic) bond motifs is 9. The predicted octanol–water partition coefficient (Wildman–Crippen LogP) is 18.0. The van der Waals surface area contributed by atoms with Gasteiger partial charge in [-0.2, -0.15) is 0 Å². The Morgan fingerprint density at radius 2 is 0.875 bits per heavy atom. The minimum Gasteiger partial charge on any atom is -0.330 e. The molecule has 15 rings (SSSR count). The third kappa shape index (κ3) is 7.35. The number of rotatable bonds is 7. The summed E-state index contributed by atoms with van der Waals surface area (Å²) in [5, 5.41) is 0. The van der Waals surface area contributed by atoms with E-state index in [1.54, 1.807) is 0 Å². The quantitative estimate of drug-likeness (QED) is 0.147. The highest BCUT2D eigenvalue weighted by Crippen LogP contribution is 2.65. The highest BCUT2D eigenvalue weighted by atomic mass is 15.3. The predicted molar refractivity (Wildman–Crippen MR) is 339 cm³/mol. The van der Waals surface area contributed by atoms with Crippen LogP contribution in [0.1, 0.15) is 63.3 Å². The first kappa shape index (κ1) is 48.0. The van der Waals surface area contributed by atoms with Crippen LogP contribution in [0, 0.1) is 0 Å². The maximum absolute atomic E-state index is 2.78. The number of aryl methyl sites for hydroxylation is 1. The van der Waals surface area contributed by atoms with Crippen molar-refractivity contribution >= 4 is 68.6 Å². The van der Waals surface area contributed by atoms with E-state index >= 15 is 0 Å². The molecule has 0 amide bonds. The molecule has 0 saturated heterocycles. The summed E-state index contributed by atoms with van der Waals surface area (Å²) in [5.41, 5.74) is 27.8. The van der Waals surface area contributed by atoms with E-state index in [1.807, 2.05) is 0 Å². The molecule has 0 spiro atoms. The minimum atomic E-state index is -0.439. The Labute approximate surface area is 472 Å². The first-order valence-electron chi connectivity index (χ1n) is 28.6. The van der Waals surface area contributed by atoms with Gasteiger partial charge in [-0.15, -0.1) is 0 Å². The van der Waals surface area contributed by atoms with Crippen molar-refractivity contribution in [2.75, 3.05) is 14.7 Å². The Morgan fingerprint density at radius 1 is 0.362 bits per heavy atom. The number of benzene rings is 11. The molecule has 384 valence electrons. The largest absolute Gasteiger partial charge is 0.330 e. The smallest absolute Gasteiger partial charge is 0.252 e. The van der Waals surface area contributed by atoms with Gasteiger partial charge >= 0.3 is 0 Å². The molecule has 0 aromatic heterocycles. The van der Waals surface area contributed by atoms with Crippen LogP contribution in [0.3, 0.4) is 0 Å². The van der Waals surface area contributed by atoms with E-state index in [4.69, 9.17) is 0 Å². The van der Waals surface area contributed by atoms with Crippen molar-refractivity contribution < 1.29 is 0 Å². The lowest BCUT2D eigenvalue weighted by Gasteiger charge is -2.52. The van der Waals surface area contributed by atoms with Crippen LogP contribution in [0.25, 0.3) is 44.5 Å². The summed E-state index contributed by atoms with van der Waals surface area (Å²) in [6, 6.07) is 98.4. The van der Waals surface area contributed by atoms with Gasteiger partial charge in [0.05, 0.1) is 5.54 Å². The lowest BCUT2D eigenvalue weighted by atomic mass is 9.33. The maximum atomic E-state index is 2.78. The average Bonchev–Trinajstić information content (AvgIpc) is 2.37. The molecule has 3 aliphatic heterocycles. The van der Waals surface area contributed by atoms with Crippen LogP contribution in [-0.4, -0.2) is 6.71 Å². The number of hydrogen-bond donors (Lipinski definition) is 0. The van der Waals surface area contributed by atoms with Crippen molar-refractivity contribution in [1.82, 2.24) is 0 Å². The lowest BCUT2D eigenvalue weighted by molar-refractivity contribution is 0.245. The first-order chi connectivity index (χ1) is 39.0. The van der Waals surface area contributed by atoms with Gasteiger partial charge in [0.15, 0.2) is 0 Å². The van der Waals surface area contributed by atoms with Gasteiger partial charge < -0.3 is 14.7 Å². The molecule has 4 heteroatoms. The molecule has 1 aliphatic carbocycles. The van der Waals surface area contributed by atoms with Crippen LogP contribution >= 0.6 is 0 Å². The SMILES string of the molecule is CC(C)(C)c1ccc2c(c1)C1(C)CCc3ccccc3C1(C)N2c1cc2c3c(c1)N(c1cccc(-c4ccccc4)c1)c1cc(-c4ccccc4)ccc1B3c1cc(-c3ccccc3)ccc1N2c1ccc(-c2ccccc2)cc1. The summed E-state index contributed by atoms with van der Waals surface area (Å²) in [6.45, 7) is 12.1. The molecule has 2 unspecified atom stereocenters. The Morgan fingerprint density at radius 3 is 1.51 bits per heavy atom. The fourth-order valence-electron chi connectivity index (χ4n) is 14.4. The van der Waals surface area contributed by atoms with Crippen molar-refractivity contribution in [3.05, 3.63) is 283 Å². The normalized spacial score (nSPS) is 17.5. The lowest BCUT2D eigenvalue weighted by Crippen LogP contribution is -2.61. The van der Waals surface area contributed by atoms with E-state index in [2.05, 4.69) is 310 Å². The molecule has 11 aromatic carbocycles. The fraction of sp³-hybridized carbons (Fsp3) is 0.132. The van der Waals surface area contributed by atoms with E-state index in [1.165, 1.54) is 117 Å². The molecule has 0 saturated carbocycles. The van der Waals surface area contributed by atoms with Crippen LogP contribution in [-0.2, 0) is 22.8 Å². The topological polar surface area (TPSA) is 9.72 Å². The molecule has 0 fully saturated rings. The highest BCUT2D eigenvalue weighted by Gasteiger charge is 2.60. The molecule has 0 radical (unpaired) electrons. The minimum absolute atomic E-state index is 0.0160. The molecule has 0 bridgehead atoms. The van der Waals surface area contributed by atoms with E-state index in [0.29, 0.717) is 0 Å².